The van der Waals surface area contributed by atoms with E-state index in [4.69, 9.17) is 5.11 Å². The van der Waals surface area contributed by atoms with Gasteiger partial charge in [-0.05, 0) is 36.5 Å². The van der Waals surface area contributed by atoms with Crippen LogP contribution in [0.4, 0.5) is 4.79 Å². The van der Waals surface area contributed by atoms with Crippen LogP contribution in [0.1, 0.15) is 22.3 Å². The molecule has 2 amide bonds. The smallest absolute Gasteiger partial charge is 0.314 e. The second-order valence-electron chi connectivity index (χ2n) is 5.65. The van der Waals surface area contributed by atoms with Crippen LogP contribution >= 0.6 is 0 Å². The van der Waals surface area contributed by atoms with E-state index in [0.717, 1.165) is 24.0 Å². The quantitative estimate of drug-likeness (QED) is 0.736. The zero-order chi connectivity index (χ0) is 16.5. The minimum atomic E-state index is -0.135. The molecule has 3 N–H and O–H groups in total. The second-order valence-corrected chi connectivity index (χ2v) is 5.65. The van der Waals surface area contributed by atoms with Crippen LogP contribution < -0.4 is 10.6 Å². The van der Waals surface area contributed by atoms with E-state index < -0.39 is 0 Å². The summed E-state index contributed by atoms with van der Waals surface area (Å²) in [5.74, 6) is 0. The summed E-state index contributed by atoms with van der Waals surface area (Å²) in [6.07, 6.45) is 1.61. The van der Waals surface area contributed by atoms with Gasteiger partial charge >= 0.3 is 6.03 Å². The Morgan fingerprint density at radius 3 is 2.13 bits per heavy atom. The average molecular weight is 312 g/mol. The number of aliphatic hydroxyl groups is 1. The molecule has 4 heteroatoms. The summed E-state index contributed by atoms with van der Waals surface area (Å²) in [6, 6.07) is 15.9. The SMILES string of the molecule is Cc1cccc(CCNC(=O)NCCc2ccc(CO)cc2)c1. The maximum Gasteiger partial charge on any atom is 0.314 e. The Morgan fingerprint density at radius 2 is 1.52 bits per heavy atom. The van der Waals surface area contributed by atoms with Gasteiger partial charge in [-0.1, -0.05) is 54.1 Å². The molecule has 4 nitrogen and oxygen atoms in total. The molecule has 0 heterocycles. The van der Waals surface area contributed by atoms with Gasteiger partial charge in [-0.3, -0.25) is 0 Å². The van der Waals surface area contributed by atoms with Gasteiger partial charge in [0.15, 0.2) is 0 Å². The molecule has 0 bridgehead atoms. The fourth-order valence-electron chi connectivity index (χ4n) is 2.38. The van der Waals surface area contributed by atoms with Gasteiger partial charge in [0.2, 0.25) is 0 Å². The van der Waals surface area contributed by atoms with E-state index in [-0.39, 0.29) is 12.6 Å². The molecule has 0 aliphatic rings. The number of amides is 2. The molecule has 2 aromatic rings. The topological polar surface area (TPSA) is 61.4 Å². The molecule has 0 fully saturated rings. The summed E-state index contributed by atoms with van der Waals surface area (Å²) in [4.78, 5) is 11.7. The van der Waals surface area contributed by atoms with Gasteiger partial charge in [0.25, 0.3) is 0 Å². The molecule has 0 spiro atoms. The number of aryl methyl sites for hydroxylation is 1. The van der Waals surface area contributed by atoms with Crippen LogP contribution in [0.15, 0.2) is 48.5 Å². The lowest BCUT2D eigenvalue weighted by Crippen LogP contribution is -2.37. The Morgan fingerprint density at radius 1 is 0.913 bits per heavy atom. The molecule has 0 aliphatic carbocycles. The lowest BCUT2D eigenvalue weighted by atomic mass is 10.1. The normalized spacial score (nSPS) is 10.3. The van der Waals surface area contributed by atoms with E-state index >= 15 is 0 Å². The van der Waals surface area contributed by atoms with Crippen molar-refractivity contribution in [1.82, 2.24) is 10.6 Å². The summed E-state index contributed by atoms with van der Waals surface area (Å²) in [6.45, 7) is 3.34. The van der Waals surface area contributed by atoms with Crippen molar-refractivity contribution in [2.45, 2.75) is 26.4 Å². The lowest BCUT2D eigenvalue weighted by molar-refractivity contribution is 0.241. The van der Waals surface area contributed by atoms with E-state index in [2.05, 4.69) is 35.8 Å². The Labute approximate surface area is 137 Å². The van der Waals surface area contributed by atoms with Crippen LogP contribution in [-0.4, -0.2) is 24.2 Å². The number of urea groups is 1. The Kier molecular flexibility index (Phi) is 6.63. The van der Waals surface area contributed by atoms with Gasteiger partial charge < -0.3 is 15.7 Å². The summed E-state index contributed by atoms with van der Waals surface area (Å²) in [7, 11) is 0. The molecule has 0 saturated carbocycles. The highest BCUT2D eigenvalue weighted by atomic mass is 16.3. The van der Waals surface area contributed by atoms with Crippen LogP contribution in [0.25, 0.3) is 0 Å². The number of benzene rings is 2. The van der Waals surface area contributed by atoms with Crippen molar-refractivity contribution in [2.24, 2.45) is 0 Å². The van der Waals surface area contributed by atoms with E-state index in [9.17, 15) is 4.79 Å². The van der Waals surface area contributed by atoms with Crippen molar-refractivity contribution in [3.8, 4) is 0 Å². The predicted molar refractivity (Wildman–Crippen MR) is 92.4 cm³/mol. The van der Waals surface area contributed by atoms with Crippen molar-refractivity contribution in [3.05, 3.63) is 70.8 Å². The lowest BCUT2D eigenvalue weighted by Gasteiger charge is -2.08. The van der Waals surface area contributed by atoms with E-state index in [1.807, 2.05) is 30.3 Å². The molecule has 23 heavy (non-hydrogen) atoms. The third-order valence-electron chi connectivity index (χ3n) is 3.69. The van der Waals surface area contributed by atoms with Gasteiger partial charge in [-0.15, -0.1) is 0 Å². The highest BCUT2D eigenvalue weighted by Crippen LogP contribution is 2.05. The van der Waals surface area contributed by atoms with Gasteiger partial charge in [0.05, 0.1) is 6.61 Å². The van der Waals surface area contributed by atoms with Gasteiger partial charge in [-0.2, -0.15) is 0 Å². The monoisotopic (exact) mass is 312 g/mol. The number of aliphatic hydroxyl groups excluding tert-OH is 1. The van der Waals surface area contributed by atoms with Crippen LogP contribution in [0, 0.1) is 6.92 Å². The van der Waals surface area contributed by atoms with E-state index in [0.29, 0.717) is 13.1 Å². The highest BCUT2D eigenvalue weighted by molar-refractivity contribution is 5.73. The van der Waals surface area contributed by atoms with Crippen LogP contribution in [-0.2, 0) is 19.4 Å². The number of hydrogen-bond donors (Lipinski definition) is 3. The van der Waals surface area contributed by atoms with Crippen molar-refractivity contribution in [2.75, 3.05) is 13.1 Å². The molecular weight excluding hydrogens is 288 g/mol. The first kappa shape index (κ1) is 17.0. The predicted octanol–water partition coefficient (Wildman–Crippen LogP) is 2.57. The third-order valence-corrected chi connectivity index (χ3v) is 3.69. The zero-order valence-corrected chi connectivity index (χ0v) is 13.5. The third kappa shape index (κ3) is 6.12. The number of carbonyl (C=O) groups is 1. The maximum absolute atomic E-state index is 11.7. The Bertz CT molecular complexity index is 624. The maximum atomic E-state index is 11.7. The fraction of sp³-hybridized carbons (Fsp3) is 0.316. The van der Waals surface area contributed by atoms with Gasteiger partial charge in [-0.25, -0.2) is 4.79 Å². The summed E-state index contributed by atoms with van der Waals surface area (Å²) >= 11 is 0. The molecule has 0 aliphatic heterocycles. The van der Waals surface area contributed by atoms with Crippen LogP contribution in [0.5, 0.6) is 0 Å². The minimum absolute atomic E-state index is 0.0574. The fourth-order valence-corrected chi connectivity index (χ4v) is 2.38. The van der Waals surface area contributed by atoms with E-state index in [1.165, 1.54) is 11.1 Å². The first-order chi connectivity index (χ1) is 11.2. The summed E-state index contributed by atoms with van der Waals surface area (Å²) in [5.41, 5.74) is 4.51. The minimum Gasteiger partial charge on any atom is -0.392 e. The average Bonchev–Trinajstić information content (AvgIpc) is 2.55. The number of rotatable bonds is 7. The molecule has 122 valence electrons. The largest absolute Gasteiger partial charge is 0.392 e. The summed E-state index contributed by atoms with van der Waals surface area (Å²) < 4.78 is 0. The first-order valence-corrected chi connectivity index (χ1v) is 7.93. The van der Waals surface area contributed by atoms with Gasteiger partial charge in [0.1, 0.15) is 0 Å². The zero-order valence-electron chi connectivity index (χ0n) is 13.5. The number of hydrogen-bond acceptors (Lipinski definition) is 2. The summed E-state index contributed by atoms with van der Waals surface area (Å²) in [5, 5.41) is 14.7. The standard InChI is InChI=1S/C19H24N2O2/c1-15-3-2-4-17(13-15)10-12-21-19(23)20-11-9-16-5-7-18(14-22)8-6-16/h2-8,13,22H,9-12,14H2,1H3,(H2,20,21,23). The van der Waals surface area contributed by atoms with Crippen LogP contribution in [0.3, 0.4) is 0 Å². The molecule has 2 aromatic carbocycles. The van der Waals surface area contributed by atoms with Crippen molar-refractivity contribution in [3.63, 3.8) is 0 Å². The first-order valence-electron chi connectivity index (χ1n) is 7.93. The highest BCUT2D eigenvalue weighted by Gasteiger charge is 2.00. The Hall–Kier alpha value is -2.33. The number of nitrogens with one attached hydrogen (secondary N) is 2. The molecule has 2 rings (SSSR count). The molecule has 0 radical (unpaired) electrons. The Balaban J connectivity index is 1.63. The molecule has 0 aromatic heterocycles. The van der Waals surface area contributed by atoms with Crippen molar-refractivity contribution < 1.29 is 9.90 Å². The van der Waals surface area contributed by atoms with Crippen molar-refractivity contribution in [1.29, 1.82) is 0 Å². The van der Waals surface area contributed by atoms with Crippen molar-refractivity contribution >= 4 is 6.03 Å². The molecular formula is C19H24N2O2. The molecule has 0 atom stereocenters. The van der Waals surface area contributed by atoms with E-state index in [1.54, 1.807) is 0 Å². The number of carbonyl (C=O) groups excluding carboxylic acids is 1. The second kappa shape index (κ2) is 8.96. The van der Waals surface area contributed by atoms with Gasteiger partial charge in [0, 0.05) is 13.1 Å². The molecule has 0 saturated heterocycles. The molecule has 0 unspecified atom stereocenters. The van der Waals surface area contributed by atoms with Crippen LogP contribution in [0.2, 0.25) is 0 Å².